The van der Waals surface area contributed by atoms with Crippen LogP contribution in [0.25, 0.3) is 0 Å². The molecule has 7 heteroatoms. The highest BCUT2D eigenvalue weighted by molar-refractivity contribution is 6.03. The molecule has 0 bridgehead atoms. The van der Waals surface area contributed by atoms with Gasteiger partial charge in [-0.2, -0.15) is 5.26 Å². The second-order valence-electron chi connectivity index (χ2n) is 7.40. The van der Waals surface area contributed by atoms with E-state index in [-0.39, 0.29) is 11.5 Å². The van der Waals surface area contributed by atoms with Gasteiger partial charge in [-0.1, -0.05) is 31.4 Å². The fourth-order valence-corrected chi connectivity index (χ4v) is 3.98. The molecule has 0 unspecified atom stereocenters. The Balaban J connectivity index is 1.67. The van der Waals surface area contributed by atoms with Gasteiger partial charge in [0.25, 0.3) is 5.91 Å². The molecule has 2 fully saturated rings. The number of hydrogen-bond donors (Lipinski definition) is 0. The monoisotopic (exact) mass is 383 g/mol. The zero-order valence-electron chi connectivity index (χ0n) is 16.1. The number of rotatable bonds is 5. The minimum Gasteiger partial charge on any atom is -0.452 e. The molecule has 1 heterocycles. The Morgan fingerprint density at radius 1 is 1.21 bits per heavy atom. The smallest absolute Gasteiger partial charge is 0.340 e. The quantitative estimate of drug-likeness (QED) is 0.729. The highest BCUT2D eigenvalue weighted by Crippen LogP contribution is 2.32. The summed E-state index contributed by atoms with van der Waals surface area (Å²) < 4.78 is 5.25. The number of benzene rings is 1. The number of ether oxygens (including phenoxy) is 1. The van der Waals surface area contributed by atoms with Crippen LogP contribution in [0.2, 0.25) is 0 Å². The van der Waals surface area contributed by atoms with Crippen molar-refractivity contribution in [2.24, 2.45) is 0 Å². The van der Waals surface area contributed by atoms with E-state index >= 15 is 0 Å². The van der Waals surface area contributed by atoms with E-state index in [1.165, 1.54) is 4.90 Å². The summed E-state index contributed by atoms with van der Waals surface area (Å²) in [6.45, 7) is 0.135. The number of nitrogens with zero attached hydrogens (tertiary/aromatic N) is 3. The maximum atomic E-state index is 12.6. The molecule has 1 aliphatic heterocycles. The van der Waals surface area contributed by atoms with E-state index in [0.717, 1.165) is 25.7 Å². The van der Waals surface area contributed by atoms with Crippen LogP contribution in [0.1, 0.15) is 55.3 Å². The maximum absolute atomic E-state index is 12.6. The number of hydrogen-bond acceptors (Lipinski definition) is 5. The largest absolute Gasteiger partial charge is 0.452 e. The van der Waals surface area contributed by atoms with Crippen LogP contribution < -0.4 is 4.90 Å². The van der Waals surface area contributed by atoms with Crippen LogP contribution in [0.15, 0.2) is 24.3 Å². The van der Waals surface area contributed by atoms with Gasteiger partial charge in [0.1, 0.15) is 5.54 Å². The number of para-hydroxylation sites is 1. The lowest BCUT2D eigenvalue weighted by Crippen LogP contribution is -2.51. The molecule has 0 aromatic heterocycles. The number of nitriles is 1. The van der Waals surface area contributed by atoms with Gasteiger partial charge in [0, 0.05) is 20.0 Å². The van der Waals surface area contributed by atoms with E-state index in [1.807, 2.05) is 0 Å². The summed E-state index contributed by atoms with van der Waals surface area (Å²) in [6.07, 6.45) is 5.36. The van der Waals surface area contributed by atoms with E-state index < -0.39 is 24.0 Å². The first-order valence-electron chi connectivity index (χ1n) is 9.73. The second-order valence-corrected chi connectivity index (χ2v) is 7.40. The number of carbonyl (C=O) groups excluding carboxylic acids is 3. The summed E-state index contributed by atoms with van der Waals surface area (Å²) >= 11 is 0. The van der Waals surface area contributed by atoms with Crippen molar-refractivity contribution in [1.82, 2.24) is 4.90 Å². The number of carbonyl (C=O) groups is 3. The molecule has 0 N–H and O–H groups in total. The van der Waals surface area contributed by atoms with Crippen LogP contribution in [0.4, 0.5) is 5.69 Å². The van der Waals surface area contributed by atoms with Gasteiger partial charge in [0.15, 0.2) is 6.61 Å². The average Bonchev–Trinajstić information content (AvgIpc) is 3.17. The Morgan fingerprint density at radius 2 is 1.93 bits per heavy atom. The predicted octanol–water partition coefficient (Wildman–Crippen LogP) is 2.66. The minimum absolute atomic E-state index is 0.0238. The van der Waals surface area contributed by atoms with Crippen molar-refractivity contribution in [2.75, 3.05) is 25.1 Å². The zero-order chi connectivity index (χ0) is 20.1. The van der Waals surface area contributed by atoms with E-state index in [4.69, 9.17) is 4.74 Å². The molecule has 7 nitrogen and oxygen atoms in total. The lowest BCUT2D eigenvalue weighted by molar-refractivity contribution is -0.138. The standard InChI is InChI=1S/C21H25N3O4/c1-23(21(15-22)11-5-2-6-12-21)19(26)14-28-20(27)16-8-3-4-9-17(16)24-13-7-10-18(24)25/h3-4,8-9H,2,5-7,10-14H2,1H3. The molecule has 1 aromatic rings. The maximum Gasteiger partial charge on any atom is 0.340 e. The van der Waals surface area contributed by atoms with Gasteiger partial charge in [-0.05, 0) is 31.4 Å². The van der Waals surface area contributed by atoms with Crippen molar-refractivity contribution in [3.05, 3.63) is 29.8 Å². The van der Waals surface area contributed by atoms with Crippen molar-refractivity contribution >= 4 is 23.5 Å². The van der Waals surface area contributed by atoms with Crippen molar-refractivity contribution < 1.29 is 19.1 Å². The first kappa shape index (κ1) is 19.9. The van der Waals surface area contributed by atoms with Crippen LogP contribution >= 0.6 is 0 Å². The van der Waals surface area contributed by atoms with Gasteiger partial charge in [-0.3, -0.25) is 9.59 Å². The van der Waals surface area contributed by atoms with Crippen LogP contribution in [0.5, 0.6) is 0 Å². The van der Waals surface area contributed by atoms with Crippen LogP contribution in [-0.4, -0.2) is 48.4 Å². The summed E-state index contributed by atoms with van der Waals surface area (Å²) in [5, 5.41) is 9.61. The fourth-order valence-electron chi connectivity index (χ4n) is 3.98. The van der Waals surface area contributed by atoms with Crippen LogP contribution in [0, 0.1) is 11.3 Å². The predicted molar refractivity (Wildman–Crippen MR) is 103 cm³/mol. The van der Waals surface area contributed by atoms with Gasteiger partial charge in [-0.25, -0.2) is 4.79 Å². The highest BCUT2D eigenvalue weighted by Gasteiger charge is 2.39. The average molecular weight is 383 g/mol. The van der Waals surface area contributed by atoms with E-state index in [0.29, 0.717) is 31.5 Å². The van der Waals surface area contributed by atoms with Crippen LogP contribution in [-0.2, 0) is 14.3 Å². The Bertz CT molecular complexity index is 808. The summed E-state index contributed by atoms with van der Waals surface area (Å²) in [4.78, 5) is 40.2. The molecule has 0 radical (unpaired) electrons. The topological polar surface area (TPSA) is 90.7 Å². The third-order valence-corrected chi connectivity index (χ3v) is 5.72. The molecule has 1 saturated carbocycles. The zero-order valence-corrected chi connectivity index (χ0v) is 16.1. The third-order valence-electron chi connectivity index (χ3n) is 5.72. The van der Waals surface area contributed by atoms with Crippen molar-refractivity contribution in [3.63, 3.8) is 0 Å². The Morgan fingerprint density at radius 3 is 2.57 bits per heavy atom. The first-order valence-corrected chi connectivity index (χ1v) is 9.73. The van der Waals surface area contributed by atoms with E-state index in [1.54, 1.807) is 36.2 Å². The van der Waals surface area contributed by atoms with E-state index in [9.17, 15) is 19.6 Å². The summed E-state index contributed by atoms with van der Waals surface area (Å²) in [7, 11) is 1.60. The van der Waals surface area contributed by atoms with Crippen molar-refractivity contribution in [1.29, 1.82) is 5.26 Å². The molecule has 2 amide bonds. The Kier molecular flexibility index (Phi) is 5.98. The van der Waals surface area contributed by atoms with Gasteiger partial charge in [-0.15, -0.1) is 0 Å². The van der Waals surface area contributed by atoms with Crippen molar-refractivity contribution in [3.8, 4) is 6.07 Å². The molecule has 1 aliphatic carbocycles. The van der Waals surface area contributed by atoms with Gasteiger partial charge >= 0.3 is 5.97 Å². The number of anilines is 1. The highest BCUT2D eigenvalue weighted by atomic mass is 16.5. The molecule has 1 saturated heterocycles. The van der Waals surface area contributed by atoms with Crippen LogP contribution in [0.3, 0.4) is 0 Å². The lowest BCUT2D eigenvalue weighted by Gasteiger charge is -2.38. The third kappa shape index (κ3) is 3.86. The Labute approximate surface area is 164 Å². The molecule has 148 valence electrons. The molecular weight excluding hydrogens is 358 g/mol. The SMILES string of the molecule is CN(C(=O)COC(=O)c1ccccc1N1CCCC1=O)C1(C#N)CCCCC1. The normalized spacial score (nSPS) is 18.4. The minimum atomic E-state index is -0.818. The molecule has 1 aromatic carbocycles. The fraction of sp³-hybridized carbons (Fsp3) is 0.524. The van der Waals surface area contributed by atoms with E-state index in [2.05, 4.69) is 6.07 Å². The molecule has 2 aliphatic rings. The molecular formula is C21H25N3O4. The molecule has 28 heavy (non-hydrogen) atoms. The summed E-state index contributed by atoms with van der Waals surface area (Å²) in [5.74, 6) is -1.07. The van der Waals surface area contributed by atoms with Gasteiger partial charge in [0.05, 0.1) is 17.3 Å². The number of esters is 1. The van der Waals surface area contributed by atoms with Gasteiger partial charge < -0.3 is 14.5 Å². The number of amides is 2. The van der Waals surface area contributed by atoms with Crippen molar-refractivity contribution in [2.45, 2.75) is 50.5 Å². The second kappa shape index (κ2) is 8.42. The first-order chi connectivity index (χ1) is 13.5. The lowest BCUT2D eigenvalue weighted by atomic mass is 9.81. The molecule has 0 spiro atoms. The summed E-state index contributed by atoms with van der Waals surface area (Å²) in [6, 6.07) is 9.05. The number of likely N-dealkylation sites (N-methyl/N-ethyl adjacent to an activating group) is 1. The molecule has 3 rings (SSSR count). The Hall–Kier alpha value is -2.88. The molecule has 0 atom stereocenters. The summed E-state index contributed by atoms with van der Waals surface area (Å²) in [5.41, 5.74) is -0.0424. The van der Waals surface area contributed by atoms with Gasteiger partial charge in [0.2, 0.25) is 5.91 Å².